The van der Waals surface area contributed by atoms with Gasteiger partial charge in [-0.3, -0.25) is 18.6 Å². The van der Waals surface area contributed by atoms with Gasteiger partial charge in [-0.2, -0.15) is 0 Å². The molecule has 316 valence electrons. The second-order valence-electron chi connectivity index (χ2n) is 13.2. The lowest BCUT2D eigenvalue weighted by molar-refractivity contribution is -0.161. The topological polar surface area (TPSA) is 134 Å². The number of phosphoric ester groups is 1. The number of allylic oxidation sites excluding steroid dienone is 18. The first kappa shape index (κ1) is 52.7. The van der Waals surface area contributed by atoms with Gasteiger partial charge in [0.05, 0.1) is 13.2 Å². The molecule has 2 atom stereocenters. The van der Waals surface area contributed by atoms with Crippen LogP contribution in [0.3, 0.4) is 0 Å². The van der Waals surface area contributed by atoms with Crippen LogP contribution in [0.15, 0.2) is 109 Å². The second-order valence-corrected chi connectivity index (χ2v) is 14.6. The lowest BCUT2D eigenvalue weighted by Gasteiger charge is -2.19. The van der Waals surface area contributed by atoms with Gasteiger partial charge in [-0.1, -0.05) is 155 Å². The monoisotopic (exact) mass is 800 g/mol. The van der Waals surface area contributed by atoms with Crippen molar-refractivity contribution in [3.05, 3.63) is 109 Å². The lowest BCUT2D eigenvalue weighted by Crippen LogP contribution is -2.29. The van der Waals surface area contributed by atoms with Gasteiger partial charge < -0.3 is 20.1 Å². The van der Waals surface area contributed by atoms with Gasteiger partial charge in [-0.15, -0.1) is 0 Å². The summed E-state index contributed by atoms with van der Waals surface area (Å²) in [5, 5.41) is 0. The van der Waals surface area contributed by atoms with Crippen LogP contribution in [0.1, 0.15) is 136 Å². The molecule has 0 amide bonds. The minimum absolute atomic E-state index is 0.0375. The van der Waals surface area contributed by atoms with Gasteiger partial charge in [0.25, 0.3) is 0 Å². The number of phosphoric acid groups is 1. The number of hydrogen-bond donors (Lipinski definition) is 2. The Bertz CT molecular complexity index is 1280. The van der Waals surface area contributed by atoms with Crippen molar-refractivity contribution in [2.75, 3.05) is 26.4 Å². The summed E-state index contributed by atoms with van der Waals surface area (Å²) in [6.45, 7) is 3.37. The molecule has 2 unspecified atom stereocenters. The maximum Gasteiger partial charge on any atom is 0.472 e. The third kappa shape index (κ3) is 40.3. The number of esters is 2. The summed E-state index contributed by atoms with van der Waals surface area (Å²) in [7, 11) is -4.40. The molecule has 0 heterocycles. The molecular formula is C46H74NO8P. The largest absolute Gasteiger partial charge is 0.472 e. The van der Waals surface area contributed by atoms with Crippen LogP contribution in [0.4, 0.5) is 0 Å². The van der Waals surface area contributed by atoms with E-state index in [2.05, 4.69) is 86.8 Å². The van der Waals surface area contributed by atoms with Crippen molar-refractivity contribution >= 4 is 19.8 Å². The van der Waals surface area contributed by atoms with E-state index in [-0.39, 0.29) is 32.6 Å². The standard InChI is InChI=1S/C46H74NO8P/c1-3-5-7-9-11-13-15-17-18-19-20-21-22-23-24-25-27-28-30-32-34-36-38-45(48)52-42-44(43-54-56(50,51)53-41-40-47)55-46(49)39-37-35-33-31-29-26-16-14-12-10-8-6-4-2/h5-8,10-14,16-18,20-21,23-24,26,29,44H,3-4,9,15,19,22,25,27-28,30-43,47H2,1-2H3,(H,50,51)/b7-5+,8-6+,12-10+,13-11+,16-14+,18-17+,21-20+,24-23+,29-26+. The minimum Gasteiger partial charge on any atom is -0.462 e. The highest BCUT2D eigenvalue weighted by atomic mass is 31.2. The van der Waals surface area contributed by atoms with Crippen LogP contribution in [0.2, 0.25) is 0 Å². The third-order valence-corrected chi connectivity index (χ3v) is 8.98. The fourth-order valence-electron chi connectivity index (χ4n) is 4.96. The zero-order valence-corrected chi connectivity index (χ0v) is 35.5. The van der Waals surface area contributed by atoms with Crippen molar-refractivity contribution in [3.8, 4) is 0 Å². The van der Waals surface area contributed by atoms with Gasteiger partial charge in [0, 0.05) is 19.4 Å². The number of unbranched alkanes of at least 4 members (excludes halogenated alkanes) is 9. The van der Waals surface area contributed by atoms with Crippen LogP contribution in [-0.4, -0.2) is 49.3 Å². The molecule has 0 saturated carbocycles. The highest BCUT2D eigenvalue weighted by Gasteiger charge is 2.25. The zero-order chi connectivity index (χ0) is 41.1. The molecule has 0 aromatic heterocycles. The average Bonchev–Trinajstić information content (AvgIpc) is 3.18. The molecule has 0 radical (unpaired) electrons. The van der Waals surface area contributed by atoms with E-state index in [9.17, 15) is 19.0 Å². The highest BCUT2D eigenvalue weighted by molar-refractivity contribution is 7.47. The predicted octanol–water partition coefficient (Wildman–Crippen LogP) is 12.0. The number of rotatable bonds is 37. The van der Waals surface area contributed by atoms with E-state index in [1.165, 1.54) is 0 Å². The summed E-state index contributed by atoms with van der Waals surface area (Å²) in [5.41, 5.74) is 5.34. The first-order valence-corrected chi connectivity index (χ1v) is 22.4. The molecule has 0 spiro atoms. The minimum atomic E-state index is -4.40. The Morgan fingerprint density at radius 3 is 1.61 bits per heavy atom. The van der Waals surface area contributed by atoms with Gasteiger partial charge in [0.15, 0.2) is 6.10 Å². The zero-order valence-electron chi connectivity index (χ0n) is 34.6. The maximum absolute atomic E-state index is 12.5. The van der Waals surface area contributed by atoms with Crippen LogP contribution in [0.25, 0.3) is 0 Å². The van der Waals surface area contributed by atoms with E-state index in [1.54, 1.807) is 0 Å². The van der Waals surface area contributed by atoms with Crippen molar-refractivity contribution in [3.63, 3.8) is 0 Å². The SMILES string of the molecule is CC/C=C/C=C/C=C/C=C/CCCCCC(=O)OC(COC(=O)CCCCCCCC/C=C/C/C=C/C/C=C/C/C=C/C/C=C/CC)COP(=O)(O)OCCN. The van der Waals surface area contributed by atoms with Gasteiger partial charge in [0.2, 0.25) is 0 Å². The third-order valence-electron chi connectivity index (χ3n) is 8.00. The number of ether oxygens (including phenoxy) is 2. The van der Waals surface area contributed by atoms with Crippen LogP contribution >= 0.6 is 7.82 Å². The lowest BCUT2D eigenvalue weighted by atomic mass is 10.1. The summed E-state index contributed by atoms with van der Waals surface area (Å²) in [4.78, 5) is 34.8. The van der Waals surface area contributed by atoms with E-state index in [4.69, 9.17) is 24.3 Å². The average molecular weight is 800 g/mol. The Kier molecular flexibility index (Phi) is 38.9. The molecule has 0 aromatic carbocycles. The Balaban J connectivity index is 4.24. The predicted molar refractivity (Wildman–Crippen MR) is 233 cm³/mol. The molecule has 10 heteroatoms. The number of nitrogens with two attached hydrogens (primary N) is 1. The fraction of sp³-hybridized carbons (Fsp3) is 0.565. The Hall–Kier alpha value is -3.33. The smallest absolute Gasteiger partial charge is 0.462 e. The van der Waals surface area contributed by atoms with Crippen molar-refractivity contribution in [1.29, 1.82) is 0 Å². The first-order chi connectivity index (χ1) is 27.3. The Morgan fingerprint density at radius 1 is 0.554 bits per heavy atom. The molecule has 0 fully saturated rings. The molecule has 0 aliphatic rings. The fourth-order valence-corrected chi connectivity index (χ4v) is 5.73. The normalized spacial score (nSPS) is 14.4. The van der Waals surface area contributed by atoms with Gasteiger partial charge in [0.1, 0.15) is 6.61 Å². The molecule has 3 N–H and O–H groups in total. The molecule has 0 saturated heterocycles. The van der Waals surface area contributed by atoms with Gasteiger partial charge in [-0.25, -0.2) is 4.57 Å². The van der Waals surface area contributed by atoms with Gasteiger partial charge in [-0.05, 0) is 77.0 Å². The molecule has 56 heavy (non-hydrogen) atoms. The maximum atomic E-state index is 12.5. The van der Waals surface area contributed by atoms with E-state index < -0.39 is 32.5 Å². The van der Waals surface area contributed by atoms with Crippen LogP contribution < -0.4 is 5.73 Å². The van der Waals surface area contributed by atoms with E-state index >= 15 is 0 Å². The molecular weight excluding hydrogens is 725 g/mol. The Morgan fingerprint density at radius 2 is 1.02 bits per heavy atom. The summed E-state index contributed by atoms with van der Waals surface area (Å²) < 4.78 is 32.7. The van der Waals surface area contributed by atoms with Crippen molar-refractivity contribution < 1.29 is 37.6 Å². The molecule has 0 aliphatic heterocycles. The summed E-state index contributed by atoms with van der Waals surface area (Å²) in [6, 6.07) is 0. The van der Waals surface area contributed by atoms with E-state index in [0.717, 1.165) is 96.3 Å². The molecule has 0 aromatic rings. The molecule has 9 nitrogen and oxygen atoms in total. The summed E-state index contributed by atoms with van der Waals surface area (Å²) >= 11 is 0. The summed E-state index contributed by atoms with van der Waals surface area (Å²) in [6.07, 6.45) is 54.1. The van der Waals surface area contributed by atoms with Gasteiger partial charge >= 0.3 is 19.8 Å². The highest BCUT2D eigenvalue weighted by Crippen LogP contribution is 2.43. The molecule has 0 aliphatic carbocycles. The Labute approximate surface area is 339 Å². The number of carbonyl (C=O) groups is 2. The number of carbonyl (C=O) groups excluding carboxylic acids is 2. The number of hydrogen-bond acceptors (Lipinski definition) is 8. The second kappa shape index (κ2) is 41.3. The first-order valence-electron chi connectivity index (χ1n) is 20.9. The summed E-state index contributed by atoms with van der Waals surface area (Å²) in [5.74, 6) is -0.905. The molecule has 0 rings (SSSR count). The van der Waals surface area contributed by atoms with Crippen molar-refractivity contribution in [2.24, 2.45) is 5.73 Å². The van der Waals surface area contributed by atoms with Crippen LogP contribution in [-0.2, 0) is 32.7 Å². The van der Waals surface area contributed by atoms with Crippen molar-refractivity contribution in [1.82, 2.24) is 0 Å². The van der Waals surface area contributed by atoms with Crippen molar-refractivity contribution in [2.45, 2.75) is 142 Å². The quantitative estimate of drug-likeness (QED) is 0.0207. The van der Waals surface area contributed by atoms with Crippen LogP contribution in [0, 0.1) is 0 Å². The van der Waals surface area contributed by atoms with E-state index in [1.807, 2.05) is 36.5 Å². The molecule has 0 bridgehead atoms. The van der Waals surface area contributed by atoms with Crippen LogP contribution in [0.5, 0.6) is 0 Å². The van der Waals surface area contributed by atoms with E-state index in [0.29, 0.717) is 12.8 Å².